The molecule has 1 rings (SSSR count). The Labute approximate surface area is 87.2 Å². The van der Waals surface area contributed by atoms with E-state index in [-0.39, 0.29) is 18.8 Å². The van der Waals surface area contributed by atoms with E-state index in [1.807, 2.05) is 0 Å². The van der Waals surface area contributed by atoms with Crippen molar-refractivity contribution in [1.82, 2.24) is 5.32 Å². The molecule has 1 aliphatic carbocycles. The van der Waals surface area contributed by atoms with Gasteiger partial charge in [-0.15, -0.1) is 0 Å². The van der Waals surface area contributed by atoms with Crippen LogP contribution in [-0.2, 0) is 0 Å². The molecule has 0 amide bonds. The number of rotatable bonds is 3. The van der Waals surface area contributed by atoms with Crippen LogP contribution >= 0.6 is 0 Å². The van der Waals surface area contributed by atoms with Gasteiger partial charge in [-0.2, -0.15) is 13.2 Å². The first-order chi connectivity index (χ1) is 6.95. The molecule has 1 aliphatic rings. The fourth-order valence-electron chi connectivity index (χ4n) is 2.10. The standard InChI is InChI=1S/C10H17F4N/c1-2-15-9(11)7-3-5-8(6-4-7)10(12,13)14/h7-9,15H,2-6H2,1H3. The van der Waals surface area contributed by atoms with Gasteiger partial charge in [-0.05, 0) is 32.2 Å². The fraction of sp³-hybridized carbons (Fsp3) is 1.00. The van der Waals surface area contributed by atoms with E-state index in [9.17, 15) is 17.6 Å². The van der Waals surface area contributed by atoms with E-state index in [4.69, 9.17) is 0 Å². The van der Waals surface area contributed by atoms with E-state index >= 15 is 0 Å². The maximum atomic E-state index is 13.3. The van der Waals surface area contributed by atoms with Crippen molar-refractivity contribution in [3.05, 3.63) is 0 Å². The van der Waals surface area contributed by atoms with Crippen molar-refractivity contribution in [3.63, 3.8) is 0 Å². The number of hydrogen-bond acceptors (Lipinski definition) is 1. The smallest absolute Gasteiger partial charge is 0.288 e. The topological polar surface area (TPSA) is 12.0 Å². The molecule has 0 aromatic heterocycles. The zero-order chi connectivity index (χ0) is 11.5. The van der Waals surface area contributed by atoms with Gasteiger partial charge in [-0.3, -0.25) is 5.32 Å². The summed E-state index contributed by atoms with van der Waals surface area (Å²) in [5, 5.41) is 2.62. The minimum Gasteiger partial charge on any atom is -0.288 e. The second-order valence-corrected chi connectivity index (χ2v) is 4.11. The molecule has 0 saturated heterocycles. The molecule has 5 heteroatoms. The van der Waals surface area contributed by atoms with Crippen molar-refractivity contribution in [1.29, 1.82) is 0 Å². The molecule has 1 unspecified atom stereocenters. The summed E-state index contributed by atoms with van der Waals surface area (Å²) in [6.45, 7) is 2.30. The lowest BCUT2D eigenvalue weighted by atomic mass is 9.81. The molecule has 15 heavy (non-hydrogen) atoms. The number of halogens is 4. The average Bonchev–Trinajstić information content (AvgIpc) is 2.17. The predicted octanol–water partition coefficient (Wildman–Crippen LogP) is 3.26. The predicted molar refractivity (Wildman–Crippen MR) is 50.1 cm³/mol. The first kappa shape index (κ1) is 12.7. The van der Waals surface area contributed by atoms with Gasteiger partial charge in [0.1, 0.15) is 0 Å². The van der Waals surface area contributed by atoms with Gasteiger partial charge >= 0.3 is 6.18 Å². The number of nitrogens with one attached hydrogen (secondary N) is 1. The molecule has 0 radical (unpaired) electrons. The molecule has 1 saturated carbocycles. The monoisotopic (exact) mass is 227 g/mol. The molecule has 0 heterocycles. The second kappa shape index (κ2) is 5.14. The maximum Gasteiger partial charge on any atom is 0.391 e. The molecule has 0 aliphatic heterocycles. The molecule has 0 spiro atoms. The van der Waals surface area contributed by atoms with Crippen LogP contribution in [0, 0.1) is 11.8 Å². The Balaban J connectivity index is 2.36. The lowest BCUT2D eigenvalue weighted by Crippen LogP contribution is -2.36. The van der Waals surface area contributed by atoms with Crippen molar-refractivity contribution < 1.29 is 17.6 Å². The largest absolute Gasteiger partial charge is 0.391 e. The molecule has 0 aromatic carbocycles. The molecule has 1 atom stereocenters. The highest BCUT2D eigenvalue weighted by Crippen LogP contribution is 2.40. The summed E-state index contributed by atoms with van der Waals surface area (Å²) >= 11 is 0. The van der Waals surface area contributed by atoms with Crippen LogP contribution in [0.3, 0.4) is 0 Å². The van der Waals surface area contributed by atoms with E-state index in [1.165, 1.54) is 0 Å². The molecular formula is C10H17F4N. The molecule has 90 valence electrons. The summed E-state index contributed by atoms with van der Waals surface area (Å²) in [4.78, 5) is 0. The molecule has 1 fully saturated rings. The van der Waals surface area contributed by atoms with E-state index in [0.717, 1.165) is 0 Å². The average molecular weight is 227 g/mol. The quantitative estimate of drug-likeness (QED) is 0.576. The summed E-state index contributed by atoms with van der Waals surface area (Å²) in [5.41, 5.74) is 0. The van der Waals surface area contributed by atoms with Gasteiger partial charge in [0, 0.05) is 5.92 Å². The Bertz CT molecular complexity index is 184. The highest BCUT2D eigenvalue weighted by Gasteiger charge is 2.42. The van der Waals surface area contributed by atoms with Gasteiger partial charge in [0.15, 0.2) is 6.30 Å². The highest BCUT2D eigenvalue weighted by molar-refractivity contribution is 4.79. The highest BCUT2D eigenvalue weighted by atomic mass is 19.4. The number of alkyl halides is 4. The Morgan fingerprint density at radius 2 is 1.73 bits per heavy atom. The molecule has 0 aromatic rings. The Morgan fingerprint density at radius 3 is 2.13 bits per heavy atom. The fourth-order valence-corrected chi connectivity index (χ4v) is 2.10. The van der Waals surface area contributed by atoms with Crippen LogP contribution < -0.4 is 5.32 Å². The van der Waals surface area contributed by atoms with Crippen LogP contribution in [0.1, 0.15) is 32.6 Å². The van der Waals surface area contributed by atoms with Crippen LogP contribution in [0.4, 0.5) is 17.6 Å². The van der Waals surface area contributed by atoms with Crippen molar-refractivity contribution in [2.45, 2.75) is 45.1 Å². The first-order valence-electron chi connectivity index (χ1n) is 5.39. The molecular weight excluding hydrogens is 210 g/mol. The Hall–Kier alpha value is -0.320. The van der Waals surface area contributed by atoms with Crippen LogP contribution in [0.25, 0.3) is 0 Å². The van der Waals surface area contributed by atoms with Gasteiger partial charge in [0.05, 0.1) is 5.92 Å². The summed E-state index contributed by atoms with van der Waals surface area (Å²) in [7, 11) is 0. The van der Waals surface area contributed by atoms with Crippen molar-refractivity contribution >= 4 is 0 Å². The van der Waals surface area contributed by atoms with E-state index < -0.39 is 18.4 Å². The van der Waals surface area contributed by atoms with Crippen molar-refractivity contribution in [3.8, 4) is 0 Å². The van der Waals surface area contributed by atoms with Crippen LogP contribution in [0.15, 0.2) is 0 Å². The minimum atomic E-state index is -4.10. The van der Waals surface area contributed by atoms with Gasteiger partial charge in [0.25, 0.3) is 0 Å². The minimum absolute atomic E-state index is 0.0694. The second-order valence-electron chi connectivity index (χ2n) is 4.11. The third-order valence-corrected chi connectivity index (χ3v) is 3.05. The van der Waals surface area contributed by atoms with Crippen LogP contribution in [0.2, 0.25) is 0 Å². The maximum absolute atomic E-state index is 13.3. The normalized spacial score (nSPS) is 30.2. The Kier molecular flexibility index (Phi) is 4.37. The third kappa shape index (κ3) is 3.63. The third-order valence-electron chi connectivity index (χ3n) is 3.05. The SMILES string of the molecule is CCNC(F)C1CCC(C(F)(F)F)CC1. The first-order valence-corrected chi connectivity index (χ1v) is 5.39. The van der Waals surface area contributed by atoms with Crippen molar-refractivity contribution in [2.75, 3.05) is 6.54 Å². The van der Waals surface area contributed by atoms with Gasteiger partial charge in [-0.25, -0.2) is 4.39 Å². The zero-order valence-electron chi connectivity index (χ0n) is 8.78. The Morgan fingerprint density at radius 1 is 1.20 bits per heavy atom. The molecule has 0 bridgehead atoms. The van der Waals surface area contributed by atoms with Crippen LogP contribution in [-0.4, -0.2) is 19.0 Å². The van der Waals surface area contributed by atoms with E-state index in [2.05, 4.69) is 5.32 Å². The lowest BCUT2D eigenvalue weighted by molar-refractivity contribution is -0.185. The summed E-state index contributed by atoms with van der Waals surface area (Å²) in [5.74, 6) is -1.47. The van der Waals surface area contributed by atoms with Gasteiger partial charge in [-0.1, -0.05) is 6.92 Å². The van der Waals surface area contributed by atoms with E-state index in [1.54, 1.807) is 6.92 Å². The summed E-state index contributed by atoms with van der Waals surface area (Å²) in [6, 6.07) is 0. The summed E-state index contributed by atoms with van der Waals surface area (Å²) in [6.07, 6.45) is -4.45. The molecule has 1 N–H and O–H groups in total. The zero-order valence-corrected chi connectivity index (χ0v) is 8.78. The van der Waals surface area contributed by atoms with Gasteiger partial charge in [0.2, 0.25) is 0 Å². The van der Waals surface area contributed by atoms with Crippen LogP contribution in [0.5, 0.6) is 0 Å². The summed E-state index contributed by atoms with van der Waals surface area (Å²) < 4.78 is 50.2. The van der Waals surface area contributed by atoms with Gasteiger partial charge < -0.3 is 0 Å². The molecule has 1 nitrogen and oxygen atoms in total. The number of hydrogen-bond donors (Lipinski definition) is 1. The lowest BCUT2D eigenvalue weighted by Gasteiger charge is -2.31. The van der Waals surface area contributed by atoms with E-state index in [0.29, 0.717) is 19.4 Å². The van der Waals surface area contributed by atoms with Crippen molar-refractivity contribution in [2.24, 2.45) is 11.8 Å².